The molecule has 0 fully saturated rings. The molecule has 1 heterocycles. The van der Waals surface area contributed by atoms with Gasteiger partial charge in [-0.15, -0.1) is 0 Å². The standard InChI is InChI=1S/C13H20N2O/c1-5-10-6-7-11(15-9-10)8-12(16)13(2,3)14-4/h6-7,9,14H,5,8H2,1-4H3. The molecule has 0 spiro atoms. The lowest BCUT2D eigenvalue weighted by Gasteiger charge is -2.21. The average Bonchev–Trinajstić information content (AvgIpc) is 2.30. The molecular weight excluding hydrogens is 200 g/mol. The highest BCUT2D eigenvalue weighted by atomic mass is 16.1. The normalized spacial score (nSPS) is 11.5. The van der Waals surface area contributed by atoms with Crippen molar-refractivity contribution in [3.63, 3.8) is 0 Å². The van der Waals surface area contributed by atoms with Crippen molar-refractivity contribution in [2.24, 2.45) is 0 Å². The van der Waals surface area contributed by atoms with Crippen LogP contribution in [0.5, 0.6) is 0 Å². The van der Waals surface area contributed by atoms with E-state index in [9.17, 15) is 4.79 Å². The summed E-state index contributed by atoms with van der Waals surface area (Å²) in [6.07, 6.45) is 3.20. The zero-order valence-corrected chi connectivity index (χ0v) is 10.5. The lowest BCUT2D eigenvalue weighted by Crippen LogP contribution is -2.45. The molecule has 0 bridgehead atoms. The van der Waals surface area contributed by atoms with Gasteiger partial charge in [-0.2, -0.15) is 0 Å². The van der Waals surface area contributed by atoms with Gasteiger partial charge in [0.2, 0.25) is 0 Å². The molecule has 16 heavy (non-hydrogen) atoms. The van der Waals surface area contributed by atoms with E-state index < -0.39 is 5.54 Å². The van der Waals surface area contributed by atoms with Crippen LogP contribution in [0.15, 0.2) is 18.3 Å². The third-order valence-corrected chi connectivity index (χ3v) is 2.96. The van der Waals surface area contributed by atoms with Gasteiger partial charge in [0.25, 0.3) is 0 Å². The van der Waals surface area contributed by atoms with Gasteiger partial charge in [0.15, 0.2) is 5.78 Å². The van der Waals surface area contributed by atoms with E-state index in [1.807, 2.05) is 32.2 Å². The summed E-state index contributed by atoms with van der Waals surface area (Å²) in [6.45, 7) is 5.86. The van der Waals surface area contributed by atoms with Gasteiger partial charge in [-0.1, -0.05) is 13.0 Å². The Bertz CT molecular complexity index is 355. The number of rotatable bonds is 5. The molecule has 0 unspecified atom stereocenters. The van der Waals surface area contributed by atoms with Crippen molar-refractivity contribution in [2.45, 2.75) is 39.2 Å². The Labute approximate surface area is 97.3 Å². The zero-order chi connectivity index (χ0) is 12.2. The summed E-state index contributed by atoms with van der Waals surface area (Å²) in [7, 11) is 1.80. The van der Waals surface area contributed by atoms with Gasteiger partial charge in [0.05, 0.1) is 12.0 Å². The van der Waals surface area contributed by atoms with E-state index in [4.69, 9.17) is 0 Å². The second-order valence-electron chi connectivity index (χ2n) is 4.49. The molecule has 0 aliphatic carbocycles. The molecule has 0 radical (unpaired) electrons. The van der Waals surface area contributed by atoms with Crippen LogP contribution in [-0.2, 0) is 17.6 Å². The third-order valence-electron chi connectivity index (χ3n) is 2.96. The number of ketones is 1. The predicted octanol–water partition coefficient (Wildman–Crippen LogP) is 1.75. The van der Waals surface area contributed by atoms with Gasteiger partial charge in [-0.3, -0.25) is 9.78 Å². The average molecular weight is 220 g/mol. The molecule has 0 aromatic carbocycles. The molecule has 0 aliphatic rings. The first-order valence-corrected chi connectivity index (χ1v) is 5.65. The van der Waals surface area contributed by atoms with Gasteiger partial charge in [0, 0.05) is 11.9 Å². The molecule has 0 aliphatic heterocycles. The number of pyridine rings is 1. The van der Waals surface area contributed by atoms with Crippen molar-refractivity contribution in [3.8, 4) is 0 Å². The highest BCUT2D eigenvalue weighted by Crippen LogP contribution is 2.08. The van der Waals surface area contributed by atoms with Gasteiger partial charge < -0.3 is 5.32 Å². The van der Waals surface area contributed by atoms with E-state index in [-0.39, 0.29) is 5.78 Å². The number of aromatic nitrogens is 1. The Kier molecular flexibility index (Phi) is 4.19. The number of nitrogens with zero attached hydrogens (tertiary/aromatic N) is 1. The summed E-state index contributed by atoms with van der Waals surface area (Å²) in [5.41, 5.74) is 1.56. The van der Waals surface area contributed by atoms with Crippen molar-refractivity contribution in [1.82, 2.24) is 10.3 Å². The fraction of sp³-hybridized carbons (Fsp3) is 0.538. The summed E-state index contributed by atoms with van der Waals surface area (Å²) >= 11 is 0. The molecule has 0 saturated heterocycles. The molecule has 1 N–H and O–H groups in total. The Balaban J connectivity index is 2.70. The minimum absolute atomic E-state index is 0.159. The molecule has 3 nitrogen and oxygen atoms in total. The van der Waals surface area contributed by atoms with Crippen molar-refractivity contribution >= 4 is 5.78 Å². The van der Waals surface area contributed by atoms with Crippen LogP contribution in [0.3, 0.4) is 0 Å². The zero-order valence-electron chi connectivity index (χ0n) is 10.5. The van der Waals surface area contributed by atoms with E-state index in [0.717, 1.165) is 12.1 Å². The third kappa shape index (κ3) is 3.14. The molecule has 1 aromatic heterocycles. The number of carbonyl (C=O) groups excluding carboxylic acids is 1. The summed E-state index contributed by atoms with van der Waals surface area (Å²) < 4.78 is 0. The molecule has 0 saturated carbocycles. The number of nitrogens with one attached hydrogen (secondary N) is 1. The fourth-order valence-electron chi connectivity index (χ4n) is 1.29. The van der Waals surface area contributed by atoms with Crippen molar-refractivity contribution < 1.29 is 4.79 Å². The van der Waals surface area contributed by atoms with Gasteiger partial charge in [0.1, 0.15) is 0 Å². The quantitative estimate of drug-likeness (QED) is 0.822. The van der Waals surface area contributed by atoms with E-state index in [1.54, 1.807) is 7.05 Å². The summed E-state index contributed by atoms with van der Waals surface area (Å²) in [4.78, 5) is 16.2. The molecule has 3 heteroatoms. The number of carbonyl (C=O) groups is 1. The molecule has 1 rings (SSSR count). The lowest BCUT2D eigenvalue weighted by atomic mass is 9.95. The number of hydrogen-bond donors (Lipinski definition) is 1. The van der Waals surface area contributed by atoms with Crippen molar-refractivity contribution in [2.75, 3.05) is 7.05 Å². The molecule has 0 atom stereocenters. The van der Waals surface area contributed by atoms with Gasteiger partial charge in [-0.05, 0) is 38.9 Å². The van der Waals surface area contributed by atoms with Gasteiger partial charge in [-0.25, -0.2) is 0 Å². The van der Waals surface area contributed by atoms with E-state index >= 15 is 0 Å². The Hall–Kier alpha value is -1.22. The highest BCUT2D eigenvalue weighted by Gasteiger charge is 2.25. The van der Waals surface area contributed by atoms with Crippen LogP contribution in [0.1, 0.15) is 32.0 Å². The summed E-state index contributed by atoms with van der Waals surface area (Å²) in [5.74, 6) is 0.159. The fourth-order valence-corrected chi connectivity index (χ4v) is 1.29. The van der Waals surface area contributed by atoms with E-state index in [2.05, 4.69) is 17.2 Å². The first-order chi connectivity index (χ1) is 7.49. The molecule has 0 amide bonds. The maximum absolute atomic E-state index is 11.9. The lowest BCUT2D eigenvalue weighted by molar-refractivity contribution is -0.123. The Morgan fingerprint density at radius 1 is 1.44 bits per heavy atom. The second-order valence-corrected chi connectivity index (χ2v) is 4.49. The van der Waals surface area contributed by atoms with Crippen molar-refractivity contribution in [3.05, 3.63) is 29.6 Å². The molecular formula is C13H20N2O. The minimum Gasteiger partial charge on any atom is -0.308 e. The van der Waals surface area contributed by atoms with Crippen LogP contribution < -0.4 is 5.32 Å². The molecule has 1 aromatic rings. The number of likely N-dealkylation sites (N-methyl/N-ethyl adjacent to an activating group) is 1. The van der Waals surface area contributed by atoms with E-state index in [1.165, 1.54) is 5.56 Å². The monoisotopic (exact) mass is 220 g/mol. The summed E-state index contributed by atoms with van der Waals surface area (Å²) in [6, 6.07) is 3.96. The molecule has 88 valence electrons. The van der Waals surface area contributed by atoms with Crippen LogP contribution in [0.25, 0.3) is 0 Å². The van der Waals surface area contributed by atoms with Crippen LogP contribution in [-0.4, -0.2) is 23.4 Å². The Morgan fingerprint density at radius 2 is 2.12 bits per heavy atom. The van der Waals surface area contributed by atoms with Gasteiger partial charge >= 0.3 is 0 Å². The number of hydrogen-bond acceptors (Lipinski definition) is 3. The maximum atomic E-state index is 11.9. The highest BCUT2D eigenvalue weighted by molar-refractivity contribution is 5.89. The second kappa shape index (κ2) is 5.21. The number of aryl methyl sites for hydroxylation is 1. The SMILES string of the molecule is CCc1ccc(CC(=O)C(C)(C)NC)nc1. The van der Waals surface area contributed by atoms with Crippen molar-refractivity contribution in [1.29, 1.82) is 0 Å². The largest absolute Gasteiger partial charge is 0.308 e. The topological polar surface area (TPSA) is 42.0 Å². The predicted molar refractivity (Wildman–Crippen MR) is 65.5 cm³/mol. The first kappa shape index (κ1) is 12.8. The summed E-state index contributed by atoms with van der Waals surface area (Å²) in [5, 5.41) is 3.01. The van der Waals surface area contributed by atoms with Crippen LogP contribution >= 0.6 is 0 Å². The van der Waals surface area contributed by atoms with E-state index in [0.29, 0.717) is 6.42 Å². The smallest absolute Gasteiger partial charge is 0.158 e. The Morgan fingerprint density at radius 3 is 2.56 bits per heavy atom. The van der Waals surface area contributed by atoms with Crippen LogP contribution in [0, 0.1) is 0 Å². The minimum atomic E-state index is -0.481. The maximum Gasteiger partial charge on any atom is 0.158 e. The first-order valence-electron chi connectivity index (χ1n) is 5.65. The number of Topliss-reactive ketones (excluding diaryl/α,β-unsaturated/α-hetero) is 1. The van der Waals surface area contributed by atoms with Crippen LogP contribution in [0.2, 0.25) is 0 Å². The van der Waals surface area contributed by atoms with Crippen LogP contribution in [0.4, 0.5) is 0 Å².